The second-order valence-electron chi connectivity index (χ2n) is 20.8. The first-order chi connectivity index (χ1) is 40.6. The molecule has 4 aliphatic heterocycles. The van der Waals surface area contributed by atoms with Gasteiger partial charge in [0.15, 0.2) is 23.0 Å². The van der Waals surface area contributed by atoms with E-state index >= 15 is 0 Å². The summed E-state index contributed by atoms with van der Waals surface area (Å²) >= 11 is 3.78. The average Bonchev–Trinajstić information content (AvgIpc) is 1.99. The Morgan fingerprint density at radius 2 is 0.831 bits per heavy atom. The van der Waals surface area contributed by atoms with E-state index in [1.165, 1.54) is 89.9 Å². The highest BCUT2D eigenvalue weighted by atomic mass is 79.9. The van der Waals surface area contributed by atoms with Gasteiger partial charge in [0.1, 0.15) is 5.75 Å². The van der Waals surface area contributed by atoms with Crippen LogP contribution in [0, 0.1) is 7.43 Å². The number of ether oxygens (including phenoxy) is 2. The summed E-state index contributed by atoms with van der Waals surface area (Å²) in [6.07, 6.45) is 6.91. The minimum absolute atomic E-state index is 0. The number of rotatable bonds is 3. The summed E-state index contributed by atoms with van der Waals surface area (Å²) in [6, 6.07) is 86.3. The normalized spacial score (nSPS) is 16.2. The maximum Gasteiger partial charge on any atom is 0.569 e. The molecule has 0 bridgehead atoms. The number of para-hydroxylation sites is 8. The Hall–Kier alpha value is -10.00. The van der Waals surface area contributed by atoms with Gasteiger partial charge < -0.3 is 36.4 Å². The first-order valence-electron chi connectivity index (χ1n) is 27.2. The van der Waals surface area contributed by atoms with Crippen molar-refractivity contribution in [1.29, 1.82) is 0 Å². The number of hydrogen-bond donors (Lipinski definition) is 1. The van der Waals surface area contributed by atoms with Gasteiger partial charge in [0, 0.05) is 23.1 Å². The molecule has 1 N–H and O–H groups in total. The van der Waals surface area contributed by atoms with E-state index in [1.54, 1.807) is 18.3 Å². The van der Waals surface area contributed by atoms with Gasteiger partial charge in [0.2, 0.25) is 0 Å². The van der Waals surface area contributed by atoms with Crippen molar-refractivity contribution in [1.82, 2.24) is 9.97 Å². The van der Waals surface area contributed by atoms with Gasteiger partial charge in [-0.2, -0.15) is 0 Å². The van der Waals surface area contributed by atoms with Gasteiger partial charge >= 0.3 is 7.69 Å². The summed E-state index contributed by atoms with van der Waals surface area (Å²) in [5, 5.41) is 8.14. The molecule has 2 unspecified atom stereocenters. The number of aromatic nitrogens is 2. The molecule has 18 rings (SSSR count). The van der Waals surface area contributed by atoms with Crippen molar-refractivity contribution in [2.45, 2.75) is 10.8 Å². The van der Waals surface area contributed by atoms with Gasteiger partial charge in [-0.3, -0.25) is 9.97 Å². The molecule has 2 aromatic heterocycles. The monoisotopic (exact) mass is 1130 g/mol. The molecule has 10 heteroatoms. The molecule has 0 fully saturated rings. The molecule has 2 atom stereocenters. The minimum Gasteiger partial charge on any atom is -0.536 e. The summed E-state index contributed by atoms with van der Waals surface area (Å²) in [4.78, 5) is 12.9. The Morgan fingerprint density at radius 1 is 0.386 bits per heavy atom. The molecule has 395 valence electrons. The molecule has 2 aliphatic carbocycles. The molecule has 0 amide bonds. The third-order valence-electron chi connectivity index (χ3n) is 16.9. The van der Waals surface area contributed by atoms with Crippen molar-refractivity contribution in [3.8, 4) is 62.1 Å². The topological polar surface area (TPSA) is 80.2 Å². The van der Waals surface area contributed by atoms with E-state index in [4.69, 9.17) is 14.5 Å². The largest absolute Gasteiger partial charge is 0.569 e. The molecule has 6 aliphatic rings. The van der Waals surface area contributed by atoms with Gasteiger partial charge in [-0.05, 0) is 163 Å². The van der Waals surface area contributed by atoms with Crippen molar-refractivity contribution in [2.24, 2.45) is 0 Å². The minimum atomic E-state index is -0.488. The lowest BCUT2D eigenvalue weighted by molar-refractivity contribution is 0.452. The fraction of sp³-hybridized carbons (Fsp3) is 0.0274. The first kappa shape index (κ1) is 50.0. The molecule has 12 aromatic rings. The van der Waals surface area contributed by atoms with E-state index in [1.807, 2.05) is 30.6 Å². The van der Waals surface area contributed by atoms with Crippen LogP contribution in [0.5, 0.6) is 28.7 Å². The lowest BCUT2D eigenvalue weighted by Gasteiger charge is -2.47. The van der Waals surface area contributed by atoms with Crippen LogP contribution in [-0.4, -0.2) is 22.7 Å². The van der Waals surface area contributed by atoms with Crippen molar-refractivity contribution in [2.75, 3.05) is 9.80 Å². The van der Waals surface area contributed by atoms with Crippen LogP contribution >= 0.6 is 15.9 Å². The molecule has 0 saturated heterocycles. The van der Waals surface area contributed by atoms with Crippen LogP contribution in [0.15, 0.2) is 272 Å². The number of fused-ring (bicyclic) bond motifs is 22. The Morgan fingerprint density at radius 3 is 1.36 bits per heavy atom. The van der Waals surface area contributed by atoms with Crippen LogP contribution in [0.3, 0.4) is 0 Å². The van der Waals surface area contributed by atoms with E-state index < -0.39 is 10.8 Å². The molecule has 83 heavy (non-hydrogen) atoms. The van der Waals surface area contributed by atoms with Gasteiger partial charge in [-0.15, -0.1) is 0 Å². The highest BCUT2D eigenvalue weighted by molar-refractivity contribution is 9.10. The predicted molar refractivity (Wildman–Crippen MR) is 334 cm³/mol. The summed E-state index contributed by atoms with van der Waals surface area (Å²) in [5.41, 5.74) is 23.6. The molecular formula is C73H48BBrN4O4-. The van der Waals surface area contributed by atoms with E-state index in [0.29, 0.717) is 13.4 Å². The second kappa shape index (κ2) is 19.6. The average molecular weight is 1140 g/mol. The SMILES string of the molecule is Brc1ccc2c(c1)C1(c3ccccc3-2)c2ccccc2N2c3ccccc3Oc3cccc1c32.O[B]Oc1cccnc1.[CH3-].c1cncc(-c2ccc3c(c2)C2(c4ccccc4-3)c3ccccc3N3c4ccccc4Oc4cccc2c43)c1. The van der Waals surface area contributed by atoms with Gasteiger partial charge in [-0.1, -0.05) is 174 Å². The van der Waals surface area contributed by atoms with E-state index in [0.717, 1.165) is 55.8 Å². The number of pyridine rings is 2. The van der Waals surface area contributed by atoms with Crippen molar-refractivity contribution in [3.05, 3.63) is 324 Å². The van der Waals surface area contributed by atoms with Crippen molar-refractivity contribution in [3.63, 3.8) is 0 Å². The standard InChI is InChI=1S/C36H22N2O.C31H18BrNO.C5H5BNO2.CH3/c1-2-11-27-25(10-1)26-19-18-23(24-9-8-20-37-22-24)21-30(26)36(27)28-12-3-4-14-31(28)38-32-15-5-6-16-33(32)39-34-17-7-13-29(36)35(34)38;32-19-16-17-21-20-8-1-2-9-22(20)31(25(21)18-19)23-10-3-4-12-26(23)33-27-13-5-6-14-28(27)34-29-15-7-11-24(31)30(29)33;8-6-9-5-2-1-3-7-4-5;/h1-22H;1-18H;1-4,8H;1H3/q;;;-1. The molecule has 8 nitrogen and oxygen atoms in total. The molecule has 10 aromatic carbocycles. The third kappa shape index (κ3) is 7.22. The molecule has 1 radical (unpaired) electrons. The Labute approximate surface area is 490 Å². The van der Waals surface area contributed by atoms with Gasteiger partial charge in [-0.25, -0.2) is 0 Å². The van der Waals surface area contributed by atoms with Crippen LogP contribution in [0.4, 0.5) is 34.1 Å². The zero-order valence-electron chi connectivity index (χ0n) is 44.8. The van der Waals surface area contributed by atoms with Crippen molar-refractivity contribution < 1.29 is 19.2 Å². The molecular weight excluding hydrogens is 1090 g/mol. The predicted octanol–water partition coefficient (Wildman–Crippen LogP) is 18.1. The van der Waals surface area contributed by atoms with Crippen LogP contribution in [0.1, 0.15) is 44.5 Å². The van der Waals surface area contributed by atoms with Crippen LogP contribution in [0.2, 0.25) is 0 Å². The number of benzene rings is 10. The highest BCUT2D eigenvalue weighted by Gasteiger charge is 2.55. The van der Waals surface area contributed by atoms with Gasteiger partial charge in [0.25, 0.3) is 0 Å². The fourth-order valence-corrected chi connectivity index (χ4v) is 14.2. The Bertz CT molecular complexity index is 4560. The van der Waals surface area contributed by atoms with Crippen molar-refractivity contribution >= 4 is 57.7 Å². The summed E-state index contributed by atoms with van der Waals surface area (Å²) in [6.45, 7) is 0. The lowest BCUT2D eigenvalue weighted by Crippen LogP contribution is -2.37. The summed E-state index contributed by atoms with van der Waals surface area (Å²) in [7, 11) is 0.622. The maximum atomic E-state index is 8.14. The second-order valence-corrected chi connectivity index (χ2v) is 21.8. The smallest absolute Gasteiger partial charge is 0.536 e. The van der Waals surface area contributed by atoms with E-state index in [9.17, 15) is 0 Å². The van der Waals surface area contributed by atoms with Gasteiger partial charge in [0.05, 0.1) is 51.2 Å². The number of anilines is 6. The van der Waals surface area contributed by atoms with Crippen LogP contribution < -0.4 is 23.9 Å². The zero-order chi connectivity index (χ0) is 54.5. The molecule has 6 heterocycles. The highest BCUT2D eigenvalue weighted by Crippen LogP contribution is 2.69. The van der Waals surface area contributed by atoms with E-state index in [-0.39, 0.29) is 7.43 Å². The summed E-state index contributed by atoms with van der Waals surface area (Å²) in [5.74, 6) is 4.06. The Kier molecular flexibility index (Phi) is 11.8. The molecule has 0 saturated carbocycles. The van der Waals surface area contributed by atoms with Crippen LogP contribution in [-0.2, 0) is 10.8 Å². The third-order valence-corrected chi connectivity index (χ3v) is 17.4. The van der Waals surface area contributed by atoms with Crippen LogP contribution in [0.25, 0.3) is 33.4 Å². The quantitative estimate of drug-likeness (QED) is 0.138. The lowest BCUT2D eigenvalue weighted by atomic mass is 9.64. The fourth-order valence-electron chi connectivity index (χ4n) is 13.9. The molecule has 2 spiro atoms. The van der Waals surface area contributed by atoms with E-state index in [2.05, 4.69) is 253 Å². The Balaban J connectivity index is 0.000000123. The summed E-state index contributed by atoms with van der Waals surface area (Å²) < 4.78 is 18.7. The number of halogens is 1. The number of nitrogens with zero attached hydrogens (tertiary/aromatic N) is 4. The zero-order valence-corrected chi connectivity index (χ0v) is 46.4. The number of hydrogen-bond acceptors (Lipinski definition) is 8. The first-order valence-corrected chi connectivity index (χ1v) is 28.0. The maximum absolute atomic E-state index is 8.14.